The number of aliphatic hydroxyl groups excluding tert-OH is 1. The van der Waals surface area contributed by atoms with Crippen molar-refractivity contribution in [3.63, 3.8) is 0 Å². The van der Waals surface area contributed by atoms with E-state index in [-0.39, 0.29) is 6.61 Å². The van der Waals surface area contributed by atoms with Crippen LogP contribution in [-0.4, -0.2) is 87.1 Å². The second kappa shape index (κ2) is 8.87. The van der Waals surface area contributed by atoms with Crippen LogP contribution < -0.4 is 5.32 Å². The van der Waals surface area contributed by atoms with E-state index in [1.807, 2.05) is 0 Å². The van der Waals surface area contributed by atoms with Gasteiger partial charge in [0.15, 0.2) is 0 Å². The molecule has 0 aliphatic carbocycles. The molecule has 0 atom stereocenters. The van der Waals surface area contributed by atoms with E-state index >= 15 is 0 Å². The van der Waals surface area contributed by atoms with Gasteiger partial charge in [0.2, 0.25) is 0 Å². The molecule has 0 aromatic heterocycles. The van der Waals surface area contributed by atoms with Crippen molar-refractivity contribution in [2.75, 3.05) is 72.2 Å². The van der Waals surface area contributed by atoms with Gasteiger partial charge < -0.3 is 15.2 Å². The molecule has 2 N–H and O–H groups in total. The van der Waals surface area contributed by atoms with Gasteiger partial charge in [-0.3, -0.25) is 9.80 Å². The minimum atomic E-state index is 0.272. The Kier molecular flexibility index (Phi) is 7.09. The third kappa shape index (κ3) is 5.75. The van der Waals surface area contributed by atoms with Crippen molar-refractivity contribution in [1.82, 2.24) is 15.1 Å². The maximum absolute atomic E-state index is 9.22. The number of hydrogen-bond donors (Lipinski definition) is 2. The summed E-state index contributed by atoms with van der Waals surface area (Å²) in [6.07, 6.45) is 2.55. The summed E-state index contributed by atoms with van der Waals surface area (Å²) in [4.78, 5) is 4.90. The monoisotopic (exact) mass is 271 g/mol. The van der Waals surface area contributed by atoms with E-state index in [1.54, 1.807) is 0 Å². The van der Waals surface area contributed by atoms with Gasteiger partial charge in [-0.25, -0.2) is 0 Å². The van der Waals surface area contributed by atoms with Crippen LogP contribution in [-0.2, 0) is 4.74 Å². The number of hydrogen-bond acceptors (Lipinski definition) is 5. The largest absolute Gasteiger partial charge is 0.395 e. The molecule has 19 heavy (non-hydrogen) atoms. The topological polar surface area (TPSA) is 48.0 Å². The Morgan fingerprint density at radius 3 is 2.58 bits per heavy atom. The average Bonchev–Trinajstić information content (AvgIpc) is 2.47. The standard InChI is InChI=1S/C14H29N3O2/c18-10-7-17(13-14-1-3-15-4-2-14)6-5-16-8-11-19-12-9-16/h14-15,18H,1-13H2. The van der Waals surface area contributed by atoms with Crippen LogP contribution in [0.5, 0.6) is 0 Å². The molecule has 0 bridgehead atoms. The van der Waals surface area contributed by atoms with E-state index in [4.69, 9.17) is 4.74 Å². The molecule has 2 heterocycles. The van der Waals surface area contributed by atoms with Gasteiger partial charge in [-0.15, -0.1) is 0 Å². The molecule has 0 aromatic carbocycles. The van der Waals surface area contributed by atoms with E-state index in [2.05, 4.69) is 15.1 Å². The zero-order chi connectivity index (χ0) is 13.3. The lowest BCUT2D eigenvalue weighted by Gasteiger charge is -2.32. The molecular formula is C14H29N3O2. The summed E-state index contributed by atoms with van der Waals surface area (Å²) in [5, 5.41) is 12.6. The molecule has 112 valence electrons. The van der Waals surface area contributed by atoms with E-state index in [0.717, 1.165) is 71.5 Å². The quantitative estimate of drug-likeness (QED) is 0.661. The summed E-state index contributed by atoms with van der Waals surface area (Å²) in [6.45, 7) is 10.6. The van der Waals surface area contributed by atoms with Gasteiger partial charge in [-0.1, -0.05) is 0 Å². The first-order chi connectivity index (χ1) is 9.38. The fourth-order valence-electron chi connectivity index (χ4n) is 2.97. The number of aliphatic hydroxyl groups is 1. The van der Waals surface area contributed by atoms with Crippen LogP contribution in [0.15, 0.2) is 0 Å². The predicted octanol–water partition coefficient (Wildman–Crippen LogP) is -0.387. The molecule has 2 aliphatic heterocycles. The fourth-order valence-corrected chi connectivity index (χ4v) is 2.97. The summed E-state index contributed by atoms with van der Waals surface area (Å²) in [5.41, 5.74) is 0. The Morgan fingerprint density at radius 2 is 1.89 bits per heavy atom. The summed E-state index contributed by atoms with van der Waals surface area (Å²) in [7, 11) is 0. The van der Waals surface area contributed by atoms with Gasteiger partial charge in [-0.2, -0.15) is 0 Å². The van der Waals surface area contributed by atoms with Crippen molar-refractivity contribution in [3.8, 4) is 0 Å². The minimum absolute atomic E-state index is 0.272. The van der Waals surface area contributed by atoms with Crippen molar-refractivity contribution in [2.24, 2.45) is 5.92 Å². The van der Waals surface area contributed by atoms with E-state index in [0.29, 0.717) is 0 Å². The molecule has 0 spiro atoms. The van der Waals surface area contributed by atoms with Gasteiger partial charge in [0.05, 0.1) is 19.8 Å². The zero-order valence-electron chi connectivity index (χ0n) is 12.0. The molecule has 2 rings (SSSR count). The minimum Gasteiger partial charge on any atom is -0.395 e. The Bertz CT molecular complexity index is 229. The molecule has 0 saturated carbocycles. The molecule has 0 aromatic rings. The van der Waals surface area contributed by atoms with Crippen molar-refractivity contribution in [3.05, 3.63) is 0 Å². The van der Waals surface area contributed by atoms with Crippen LogP contribution in [0, 0.1) is 5.92 Å². The third-order valence-electron chi connectivity index (χ3n) is 4.23. The predicted molar refractivity (Wildman–Crippen MR) is 76.4 cm³/mol. The molecule has 2 saturated heterocycles. The van der Waals surface area contributed by atoms with E-state index in [1.165, 1.54) is 12.8 Å². The van der Waals surface area contributed by atoms with Gasteiger partial charge in [-0.05, 0) is 31.8 Å². The maximum Gasteiger partial charge on any atom is 0.0594 e. The Labute approximate surface area is 116 Å². The fraction of sp³-hybridized carbons (Fsp3) is 1.00. The van der Waals surface area contributed by atoms with Gasteiger partial charge in [0.25, 0.3) is 0 Å². The lowest BCUT2D eigenvalue weighted by Crippen LogP contribution is -2.44. The summed E-state index contributed by atoms with van der Waals surface area (Å²) in [5.74, 6) is 0.803. The first-order valence-corrected chi connectivity index (χ1v) is 7.72. The summed E-state index contributed by atoms with van der Waals surface area (Å²) >= 11 is 0. The SMILES string of the molecule is OCCN(CCN1CCOCC1)CC1CCNCC1. The first-order valence-electron chi connectivity index (χ1n) is 7.72. The molecule has 2 fully saturated rings. The summed E-state index contributed by atoms with van der Waals surface area (Å²) in [6, 6.07) is 0. The van der Waals surface area contributed by atoms with Crippen molar-refractivity contribution in [1.29, 1.82) is 0 Å². The second-order valence-electron chi connectivity index (χ2n) is 5.67. The maximum atomic E-state index is 9.22. The number of piperidine rings is 1. The van der Waals surface area contributed by atoms with Crippen molar-refractivity contribution in [2.45, 2.75) is 12.8 Å². The molecule has 5 heteroatoms. The second-order valence-corrected chi connectivity index (χ2v) is 5.67. The van der Waals surface area contributed by atoms with Crippen LogP contribution in [0.2, 0.25) is 0 Å². The number of rotatable bonds is 7. The normalized spacial score (nSPS) is 23.1. The average molecular weight is 271 g/mol. The number of morpholine rings is 1. The molecule has 0 radical (unpaired) electrons. The van der Waals surface area contributed by atoms with Crippen LogP contribution in [0.25, 0.3) is 0 Å². The lowest BCUT2D eigenvalue weighted by molar-refractivity contribution is 0.0312. The van der Waals surface area contributed by atoms with Crippen molar-refractivity contribution >= 4 is 0 Å². The first kappa shape index (κ1) is 15.2. The van der Waals surface area contributed by atoms with E-state index < -0.39 is 0 Å². The highest BCUT2D eigenvalue weighted by Gasteiger charge is 2.18. The van der Waals surface area contributed by atoms with Gasteiger partial charge in [0, 0.05) is 39.3 Å². The van der Waals surface area contributed by atoms with E-state index in [9.17, 15) is 5.11 Å². The highest BCUT2D eigenvalue weighted by molar-refractivity contribution is 4.74. The molecule has 5 nitrogen and oxygen atoms in total. The summed E-state index contributed by atoms with van der Waals surface area (Å²) < 4.78 is 5.37. The number of nitrogens with zero attached hydrogens (tertiary/aromatic N) is 2. The highest BCUT2D eigenvalue weighted by Crippen LogP contribution is 2.13. The molecular weight excluding hydrogens is 242 g/mol. The zero-order valence-corrected chi connectivity index (χ0v) is 12.0. The smallest absolute Gasteiger partial charge is 0.0594 e. The van der Waals surface area contributed by atoms with Crippen LogP contribution >= 0.6 is 0 Å². The van der Waals surface area contributed by atoms with Gasteiger partial charge in [0.1, 0.15) is 0 Å². The third-order valence-corrected chi connectivity index (χ3v) is 4.23. The Balaban J connectivity index is 1.68. The van der Waals surface area contributed by atoms with Crippen molar-refractivity contribution < 1.29 is 9.84 Å². The Hall–Kier alpha value is -0.200. The van der Waals surface area contributed by atoms with Crippen LogP contribution in [0.4, 0.5) is 0 Å². The van der Waals surface area contributed by atoms with Crippen LogP contribution in [0.1, 0.15) is 12.8 Å². The highest BCUT2D eigenvalue weighted by atomic mass is 16.5. The number of ether oxygens (including phenoxy) is 1. The molecule has 2 aliphatic rings. The molecule has 0 amide bonds. The van der Waals surface area contributed by atoms with Gasteiger partial charge >= 0.3 is 0 Å². The lowest BCUT2D eigenvalue weighted by atomic mass is 9.97. The molecule has 0 unspecified atom stereocenters. The number of nitrogens with one attached hydrogen (secondary N) is 1. The van der Waals surface area contributed by atoms with Crippen LogP contribution in [0.3, 0.4) is 0 Å². The Morgan fingerprint density at radius 1 is 1.16 bits per heavy atom.